The molecule has 0 radical (unpaired) electrons. The summed E-state index contributed by atoms with van der Waals surface area (Å²) < 4.78 is 11.0. The van der Waals surface area contributed by atoms with Crippen molar-refractivity contribution in [2.75, 3.05) is 27.3 Å². The van der Waals surface area contributed by atoms with Crippen LogP contribution in [0.25, 0.3) is 0 Å². The van der Waals surface area contributed by atoms with E-state index in [4.69, 9.17) is 9.47 Å². The molecule has 4 rings (SSSR count). The minimum absolute atomic E-state index is 0.0592. The number of carbonyl (C=O) groups excluding carboxylic acids is 1. The number of fused-ring (bicyclic) bond motifs is 1. The molecule has 1 amide bonds. The van der Waals surface area contributed by atoms with E-state index in [9.17, 15) is 4.79 Å². The van der Waals surface area contributed by atoms with Gasteiger partial charge in [0.25, 0.3) is 5.91 Å². The Hall–Kier alpha value is -2.53. The lowest BCUT2D eigenvalue weighted by atomic mass is 9.91. The number of amides is 1. The van der Waals surface area contributed by atoms with Crippen molar-refractivity contribution in [3.05, 3.63) is 59.2 Å². The average molecular weight is 366 g/mol. The monoisotopic (exact) mass is 366 g/mol. The Labute approximate surface area is 160 Å². The number of nitrogens with zero attached hydrogens (tertiary/aromatic N) is 1. The summed E-state index contributed by atoms with van der Waals surface area (Å²) in [5.41, 5.74) is 2.93. The smallest absolute Gasteiger partial charge is 0.252 e. The first-order chi connectivity index (χ1) is 13.1. The summed E-state index contributed by atoms with van der Waals surface area (Å²) in [5.74, 6) is 1.60. The van der Waals surface area contributed by atoms with Gasteiger partial charge in [0.15, 0.2) is 11.5 Å². The topological polar surface area (TPSA) is 50.8 Å². The Balaban J connectivity index is 1.50. The van der Waals surface area contributed by atoms with Crippen molar-refractivity contribution in [2.24, 2.45) is 0 Å². The fraction of sp³-hybridized carbons (Fsp3) is 0.409. The third-order valence-corrected chi connectivity index (χ3v) is 5.82. The molecule has 1 spiro atoms. The van der Waals surface area contributed by atoms with Crippen LogP contribution in [-0.2, 0) is 13.0 Å². The van der Waals surface area contributed by atoms with E-state index in [-0.39, 0.29) is 11.4 Å². The minimum atomic E-state index is -0.151. The van der Waals surface area contributed by atoms with E-state index >= 15 is 0 Å². The first-order valence-electron chi connectivity index (χ1n) is 9.47. The lowest BCUT2D eigenvalue weighted by Crippen LogP contribution is -2.49. The van der Waals surface area contributed by atoms with Crippen LogP contribution in [0.1, 0.15) is 34.3 Å². The third kappa shape index (κ3) is 3.39. The van der Waals surface area contributed by atoms with Gasteiger partial charge in [-0.15, -0.1) is 0 Å². The molecule has 0 unspecified atom stereocenters. The quantitative estimate of drug-likeness (QED) is 0.904. The Bertz CT molecular complexity index is 851. The van der Waals surface area contributed by atoms with E-state index in [1.807, 2.05) is 30.3 Å². The maximum Gasteiger partial charge on any atom is 0.252 e. The number of hydrogen-bond donors (Lipinski definition) is 1. The molecule has 2 aliphatic rings. The summed E-state index contributed by atoms with van der Waals surface area (Å²) in [7, 11) is 3.33. The molecule has 2 aliphatic heterocycles. The normalized spacial score (nSPS) is 22.2. The first kappa shape index (κ1) is 17.9. The summed E-state index contributed by atoms with van der Waals surface area (Å²) >= 11 is 0. The van der Waals surface area contributed by atoms with Gasteiger partial charge < -0.3 is 14.8 Å². The summed E-state index contributed by atoms with van der Waals surface area (Å²) in [6, 6.07) is 13.9. The van der Waals surface area contributed by atoms with E-state index in [1.165, 1.54) is 0 Å². The number of benzene rings is 2. The highest BCUT2D eigenvalue weighted by molar-refractivity contribution is 5.96. The SMILES string of the molecule is COc1cccc(CN2CC[C@@]3(CCc4ccccc4C(=O)N3)C2)c1OC. The summed E-state index contributed by atoms with van der Waals surface area (Å²) in [6.45, 7) is 2.59. The molecule has 5 nitrogen and oxygen atoms in total. The van der Waals surface area contributed by atoms with Gasteiger partial charge in [-0.05, 0) is 37.0 Å². The predicted molar refractivity (Wildman–Crippen MR) is 104 cm³/mol. The average Bonchev–Trinajstić information content (AvgIpc) is 3.02. The van der Waals surface area contributed by atoms with Crippen molar-refractivity contribution in [3.63, 3.8) is 0 Å². The van der Waals surface area contributed by atoms with E-state index in [0.717, 1.165) is 67.1 Å². The Kier molecular flexibility index (Phi) is 4.79. The first-order valence-corrected chi connectivity index (χ1v) is 9.47. The molecule has 2 aromatic carbocycles. The Morgan fingerprint density at radius 3 is 2.74 bits per heavy atom. The van der Waals surface area contributed by atoms with Crippen LogP contribution in [0, 0.1) is 0 Å². The number of rotatable bonds is 4. The second kappa shape index (κ2) is 7.24. The highest BCUT2D eigenvalue weighted by Gasteiger charge is 2.41. The largest absolute Gasteiger partial charge is 0.493 e. The van der Waals surface area contributed by atoms with E-state index in [1.54, 1.807) is 14.2 Å². The van der Waals surface area contributed by atoms with Crippen LogP contribution in [-0.4, -0.2) is 43.7 Å². The number of methoxy groups -OCH3 is 2. The van der Waals surface area contributed by atoms with Crippen molar-refractivity contribution < 1.29 is 14.3 Å². The van der Waals surface area contributed by atoms with Gasteiger partial charge in [-0.3, -0.25) is 9.69 Å². The maximum atomic E-state index is 12.7. The summed E-state index contributed by atoms with van der Waals surface area (Å²) in [5, 5.41) is 3.34. The molecule has 1 saturated heterocycles. The zero-order valence-electron chi connectivity index (χ0n) is 16.0. The molecule has 0 saturated carbocycles. The molecule has 5 heteroatoms. The molecular formula is C22H26N2O3. The van der Waals surface area contributed by atoms with Crippen LogP contribution in [0.3, 0.4) is 0 Å². The molecule has 1 fully saturated rings. The molecule has 2 heterocycles. The van der Waals surface area contributed by atoms with Crippen LogP contribution >= 0.6 is 0 Å². The third-order valence-electron chi connectivity index (χ3n) is 5.82. The van der Waals surface area contributed by atoms with Crippen LogP contribution in [0.4, 0.5) is 0 Å². The molecule has 2 aromatic rings. The second-order valence-electron chi connectivity index (χ2n) is 7.50. The van der Waals surface area contributed by atoms with Crippen LogP contribution in [0.2, 0.25) is 0 Å². The highest BCUT2D eigenvalue weighted by atomic mass is 16.5. The molecule has 0 aromatic heterocycles. The second-order valence-corrected chi connectivity index (χ2v) is 7.50. The zero-order valence-corrected chi connectivity index (χ0v) is 16.0. The number of aryl methyl sites for hydroxylation is 1. The molecule has 1 atom stereocenters. The maximum absolute atomic E-state index is 12.7. The van der Waals surface area contributed by atoms with Crippen molar-refractivity contribution in [3.8, 4) is 11.5 Å². The fourth-order valence-electron chi connectivity index (χ4n) is 4.42. The molecule has 27 heavy (non-hydrogen) atoms. The Morgan fingerprint density at radius 1 is 1.07 bits per heavy atom. The van der Waals surface area contributed by atoms with Gasteiger partial charge >= 0.3 is 0 Å². The van der Waals surface area contributed by atoms with Gasteiger partial charge in [0, 0.05) is 30.8 Å². The number of carbonyl (C=O) groups is 1. The number of likely N-dealkylation sites (tertiary alicyclic amines) is 1. The number of hydrogen-bond acceptors (Lipinski definition) is 4. The zero-order chi connectivity index (χ0) is 18.9. The van der Waals surface area contributed by atoms with E-state index in [0.29, 0.717) is 0 Å². The van der Waals surface area contributed by atoms with Crippen molar-refractivity contribution in [2.45, 2.75) is 31.3 Å². The van der Waals surface area contributed by atoms with E-state index in [2.05, 4.69) is 22.3 Å². The van der Waals surface area contributed by atoms with Crippen molar-refractivity contribution in [1.82, 2.24) is 10.2 Å². The molecule has 0 bridgehead atoms. The van der Waals surface area contributed by atoms with Crippen LogP contribution in [0.15, 0.2) is 42.5 Å². The van der Waals surface area contributed by atoms with Gasteiger partial charge in [-0.2, -0.15) is 0 Å². The van der Waals surface area contributed by atoms with E-state index < -0.39 is 0 Å². The minimum Gasteiger partial charge on any atom is -0.493 e. The molecule has 1 N–H and O–H groups in total. The van der Waals surface area contributed by atoms with Gasteiger partial charge in [0.2, 0.25) is 0 Å². The van der Waals surface area contributed by atoms with Gasteiger partial charge in [-0.1, -0.05) is 30.3 Å². The van der Waals surface area contributed by atoms with Crippen LogP contribution < -0.4 is 14.8 Å². The molecular weight excluding hydrogens is 340 g/mol. The molecule has 142 valence electrons. The molecule has 0 aliphatic carbocycles. The lowest BCUT2D eigenvalue weighted by Gasteiger charge is -2.29. The van der Waals surface area contributed by atoms with Crippen molar-refractivity contribution >= 4 is 5.91 Å². The Morgan fingerprint density at radius 2 is 1.93 bits per heavy atom. The summed E-state index contributed by atoms with van der Waals surface area (Å²) in [6.07, 6.45) is 2.88. The number of nitrogens with one attached hydrogen (secondary N) is 1. The lowest BCUT2D eigenvalue weighted by molar-refractivity contribution is 0.0902. The standard InChI is InChI=1S/C22H26N2O3/c1-26-19-9-5-7-17(20(19)27-2)14-24-13-12-22(15-24)11-10-16-6-3-4-8-18(16)21(25)23-22/h3-9H,10-15H2,1-2H3,(H,23,25)/t22-/m0/s1. The van der Waals surface area contributed by atoms with Gasteiger partial charge in [0.1, 0.15) is 0 Å². The van der Waals surface area contributed by atoms with Gasteiger partial charge in [0.05, 0.1) is 19.8 Å². The van der Waals surface area contributed by atoms with Crippen molar-refractivity contribution in [1.29, 1.82) is 0 Å². The summed E-state index contributed by atoms with van der Waals surface area (Å²) in [4.78, 5) is 15.1. The number of para-hydroxylation sites is 1. The van der Waals surface area contributed by atoms with Crippen LogP contribution in [0.5, 0.6) is 11.5 Å². The van der Waals surface area contributed by atoms with Gasteiger partial charge in [-0.25, -0.2) is 0 Å². The highest BCUT2D eigenvalue weighted by Crippen LogP contribution is 2.35. The fourth-order valence-corrected chi connectivity index (χ4v) is 4.42. The predicted octanol–water partition coefficient (Wildman–Crippen LogP) is 3.02. The number of ether oxygens (including phenoxy) is 2.